The molecule has 104 valence electrons. The van der Waals surface area contributed by atoms with Crippen LogP contribution in [0.4, 0.5) is 0 Å². The van der Waals surface area contributed by atoms with Crippen molar-refractivity contribution in [3.8, 4) is 0 Å². The van der Waals surface area contributed by atoms with Gasteiger partial charge in [0.2, 0.25) is 6.73 Å². The maximum atomic E-state index is 11.3. The van der Waals surface area contributed by atoms with Crippen LogP contribution in [0, 0.1) is 5.92 Å². The molecule has 17 heavy (non-hydrogen) atoms. The van der Waals surface area contributed by atoms with Crippen molar-refractivity contribution in [1.29, 1.82) is 0 Å². The summed E-state index contributed by atoms with van der Waals surface area (Å²) in [6, 6.07) is 0. The number of carbonyl (C=O) groups excluding carboxylic acids is 2. The number of ether oxygens (including phenoxy) is 1. The summed E-state index contributed by atoms with van der Waals surface area (Å²) in [7, 11) is 3.33. The number of carbonyl (C=O) groups is 2. The number of likely N-dealkylation sites (N-methyl/N-ethyl adjacent to an activating group) is 1. The molecule has 0 aliphatic heterocycles. The highest BCUT2D eigenvalue weighted by atomic mass is 16.5. The van der Waals surface area contributed by atoms with Crippen LogP contribution in [0.15, 0.2) is 0 Å². The number of quaternary nitrogens is 1. The summed E-state index contributed by atoms with van der Waals surface area (Å²) in [6.07, 6.45) is 0.715. The average molecular weight is 249 g/mol. The largest absolute Gasteiger partial charge is 0.544 e. The van der Waals surface area contributed by atoms with Crippen molar-refractivity contribution < 1.29 is 23.9 Å². The van der Waals surface area contributed by atoms with Gasteiger partial charge in [-0.3, -0.25) is 9.28 Å². The summed E-state index contributed by atoms with van der Waals surface area (Å²) in [5, 5.41) is 10.4. The van der Waals surface area contributed by atoms with Gasteiger partial charge in [-0.1, -0.05) is 28.7 Å². The van der Waals surface area contributed by atoms with Crippen molar-refractivity contribution in [2.75, 3.05) is 27.4 Å². The van der Waals surface area contributed by atoms with Crippen molar-refractivity contribution in [2.24, 2.45) is 5.92 Å². The molecule has 1 unspecified atom stereocenters. The summed E-state index contributed by atoms with van der Waals surface area (Å²) >= 11 is 0. The summed E-state index contributed by atoms with van der Waals surface area (Å²) in [4.78, 5) is 21.7. The molecule has 0 spiro atoms. The fourth-order valence-corrected chi connectivity index (χ4v) is 0.942. The fraction of sp³-hybridized carbons (Fsp3) is 0.833. The quantitative estimate of drug-likeness (QED) is 0.393. The Labute approximate surface area is 105 Å². The number of nitrogens with zero attached hydrogens (tertiary/aromatic N) is 1. The SMILES string of the molecule is C.C.CCC(C)C(=O)OC[N+](C)(C)CC(=O)[O-]. The van der Waals surface area contributed by atoms with Crippen LogP contribution in [0.3, 0.4) is 0 Å². The minimum atomic E-state index is -1.15. The molecule has 0 aromatic heterocycles. The van der Waals surface area contributed by atoms with Gasteiger partial charge in [0, 0.05) is 0 Å². The summed E-state index contributed by atoms with van der Waals surface area (Å²) in [6.45, 7) is 3.55. The Morgan fingerprint density at radius 3 is 2.12 bits per heavy atom. The van der Waals surface area contributed by atoms with Gasteiger partial charge in [-0.05, 0) is 6.42 Å². The standard InChI is InChI=1S/C10H19NO4.2CH4/c1-5-8(2)10(14)15-7-11(3,4)6-9(12)13;;/h8H,5-7H2,1-4H3;2*1H4. The number of hydrogen-bond donors (Lipinski definition) is 0. The molecule has 1 atom stereocenters. The first kappa shape index (κ1) is 21.2. The van der Waals surface area contributed by atoms with E-state index in [1.807, 2.05) is 6.92 Å². The van der Waals surface area contributed by atoms with Gasteiger partial charge < -0.3 is 14.6 Å². The smallest absolute Gasteiger partial charge is 0.312 e. The molecule has 0 N–H and O–H groups in total. The number of hydrogen-bond acceptors (Lipinski definition) is 4. The highest BCUT2D eigenvalue weighted by Gasteiger charge is 2.20. The summed E-state index contributed by atoms with van der Waals surface area (Å²) in [5.41, 5.74) is 0. The minimum absolute atomic E-state index is 0. The molecule has 0 aliphatic rings. The Morgan fingerprint density at radius 2 is 1.76 bits per heavy atom. The van der Waals surface area contributed by atoms with Crippen molar-refractivity contribution >= 4 is 11.9 Å². The second-order valence-electron chi connectivity index (χ2n) is 4.37. The second-order valence-corrected chi connectivity index (χ2v) is 4.37. The third-order valence-electron chi connectivity index (χ3n) is 2.13. The number of esters is 1. The highest BCUT2D eigenvalue weighted by molar-refractivity contribution is 5.71. The zero-order valence-electron chi connectivity index (χ0n) is 9.78. The highest BCUT2D eigenvalue weighted by Crippen LogP contribution is 2.05. The third-order valence-corrected chi connectivity index (χ3v) is 2.13. The summed E-state index contributed by atoms with van der Waals surface area (Å²) < 4.78 is 5.08. The van der Waals surface area contributed by atoms with E-state index in [4.69, 9.17) is 4.74 Å². The van der Waals surface area contributed by atoms with Crippen LogP contribution in [0.5, 0.6) is 0 Å². The number of rotatable bonds is 6. The molecule has 0 rings (SSSR count). The molecule has 0 aromatic carbocycles. The van der Waals surface area contributed by atoms with Crippen LogP contribution in [-0.2, 0) is 14.3 Å². The van der Waals surface area contributed by atoms with Crippen LogP contribution >= 0.6 is 0 Å². The lowest BCUT2D eigenvalue weighted by Gasteiger charge is -2.29. The van der Waals surface area contributed by atoms with Crippen molar-refractivity contribution in [3.05, 3.63) is 0 Å². The third kappa shape index (κ3) is 9.81. The van der Waals surface area contributed by atoms with E-state index in [2.05, 4.69) is 0 Å². The predicted octanol–water partition coefficient (Wildman–Crippen LogP) is 0.632. The molecular weight excluding hydrogens is 222 g/mol. The van der Waals surface area contributed by atoms with Gasteiger partial charge in [-0.25, -0.2) is 0 Å². The van der Waals surface area contributed by atoms with E-state index in [1.165, 1.54) is 0 Å². The number of aliphatic carboxylic acids is 1. The minimum Gasteiger partial charge on any atom is -0.544 e. The zero-order valence-corrected chi connectivity index (χ0v) is 9.78. The molecule has 0 radical (unpaired) electrons. The van der Waals surface area contributed by atoms with Gasteiger partial charge in [-0.2, -0.15) is 0 Å². The zero-order chi connectivity index (χ0) is 12.1. The van der Waals surface area contributed by atoms with Crippen LogP contribution in [0.2, 0.25) is 0 Å². The van der Waals surface area contributed by atoms with Gasteiger partial charge in [0.05, 0.1) is 26.0 Å². The van der Waals surface area contributed by atoms with E-state index in [-0.39, 0.29) is 44.5 Å². The van der Waals surface area contributed by atoms with Crippen LogP contribution in [-0.4, -0.2) is 43.8 Å². The number of carboxylic acid groups (broad SMARTS) is 1. The predicted molar refractivity (Wildman–Crippen MR) is 65.9 cm³/mol. The molecule has 0 amide bonds. The van der Waals surface area contributed by atoms with Gasteiger partial charge >= 0.3 is 5.97 Å². The Balaban J connectivity index is -0.000000980. The molecule has 0 aliphatic carbocycles. The van der Waals surface area contributed by atoms with Gasteiger partial charge in [0.25, 0.3) is 0 Å². The van der Waals surface area contributed by atoms with Crippen LogP contribution < -0.4 is 5.11 Å². The monoisotopic (exact) mass is 249 g/mol. The topological polar surface area (TPSA) is 66.4 Å². The van der Waals surface area contributed by atoms with E-state index in [9.17, 15) is 14.7 Å². The molecule has 0 heterocycles. The molecule has 0 saturated carbocycles. The van der Waals surface area contributed by atoms with Gasteiger partial charge in [0.15, 0.2) is 0 Å². The maximum Gasteiger partial charge on any atom is 0.312 e. The lowest BCUT2D eigenvalue weighted by molar-refractivity contribution is -0.901. The first-order valence-electron chi connectivity index (χ1n) is 4.97. The van der Waals surface area contributed by atoms with Gasteiger partial charge in [-0.15, -0.1) is 0 Å². The normalized spacial score (nSPS) is 11.8. The molecule has 0 bridgehead atoms. The van der Waals surface area contributed by atoms with E-state index < -0.39 is 5.97 Å². The van der Waals surface area contributed by atoms with E-state index in [1.54, 1.807) is 21.0 Å². The molecule has 0 saturated heterocycles. The maximum absolute atomic E-state index is 11.3. The van der Waals surface area contributed by atoms with Crippen molar-refractivity contribution in [1.82, 2.24) is 0 Å². The Morgan fingerprint density at radius 1 is 1.29 bits per heavy atom. The van der Waals surface area contributed by atoms with Crippen molar-refractivity contribution in [2.45, 2.75) is 35.1 Å². The lowest BCUT2D eigenvalue weighted by atomic mass is 10.1. The van der Waals surface area contributed by atoms with E-state index in [0.717, 1.165) is 0 Å². The van der Waals surface area contributed by atoms with Crippen LogP contribution in [0.25, 0.3) is 0 Å². The second kappa shape index (κ2) is 8.98. The Hall–Kier alpha value is -1.10. The lowest BCUT2D eigenvalue weighted by Crippen LogP contribution is -2.50. The van der Waals surface area contributed by atoms with Crippen LogP contribution in [0.1, 0.15) is 35.1 Å². The Kier molecular flexibility index (Phi) is 11.2. The van der Waals surface area contributed by atoms with Crippen molar-refractivity contribution in [3.63, 3.8) is 0 Å². The van der Waals surface area contributed by atoms with E-state index >= 15 is 0 Å². The molecular formula is C12H27NO4. The Bertz CT molecular complexity index is 239. The molecule has 0 aromatic rings. The molecule has 0 fully saturated rings. The molecule has 5 nitrogen and oxygen atoms in total. The summed E-state index contributed by atoms with van der Waals surface area (Å²) in [5.74, 6) is -1.59. The molecule has 5 heteroatoms. The van der Waals surface area contributed by atoms with Gasteiger partial charge in [0.1, 0.15) is 6.54 Å². The number of carboxylic acids is 1. The average Bonchev–Trinajstić information content (AvgIpc) is 2.11. The first-order chi connectivity index (χ1) is 6.78. The fourth-order valence-electron chi connectivity index (χ4n) is 0.942. The first-order valence-corrected chi connectivity index (χ1v) is 4.97. The van der Waals surface area contributed by atoms with E-state index in [0.29, 0.717) is 6.42 Å².